The van der Waals surface area contributed by atoms with Crippen molar-refractivity contribution in [2.24, 2.45) is 0 Å². The molecule has 2 aromatic carbocycles. The van der Waals surface area contributed by atoms with Crippen LogP contribution in [0.2, 0.25) is 5.02 Å². The lowest BCUT2D eigenvalue weighted by Gasteiger charge is -2.24. The van der Waals surface area contributed by atoms with Gasteiger partial charge in [0.1, 0.15) is 0 Å². The Kier molecular flexibility index (Phi) is 5.16. The molecule has 0 spiro atoms. The molecule has 0 saturated carbocycles. The maximum atomic E-state index is 6.37. The molecule has 0 nitrogen and oxygen atoms in total. The van der Waals surface area contributed by atoms with Crippen LogP contribution in [0.25, 0.3) is 0 Å². The van der Waals surface area contributed by atoms with Crippen LogP contribution in [0.5, 0.6) is 0 Å². The predicted molar refractivity (Wildman–Crippen MR) is 96.7 cm³/mol. The first-order valence-corrected chi connectivity index (χ1v) is 8.65. The zero-order chi connectivity index (χ0) is 15.6. The number of benzene rings is 2. The zero-order valence-electron chi connectivity index (χ0n) is 13.1. The van der Waals surface area contributed by atoms with E-state index in [1.165, 1.54) is 16.7 Å². The quantitative estimate of drug-likeness (QED) is 0.521. The molecule has 112 valence electrons. The molecule has 2 heteroatoms. The maximum Gasteiger partial charge on any atom is 0.0659 e. The third kappa shape index (κ3) is 3.70. The second kappa shape index (κ2) is 6.54. The molecule has 2 rings (SSSR count). The van der Waals surface area contributed by atoms with Crippen molar-refractivity contribution in [1.29, 1.82) is 0 Å². The van der Waals surface area contributed by atoms with Crippen LogP contribution in [0.1, 0.15) is 54.3 Å². The van der Waals surface area contributed by atoms with Gasteiger partial charge in [0.05, 0.1) is 4.83 Å². The zero-order valence-corrected chi connectivity index (χ0v) is 15.4. The molecule has 0 bridgehead atoms. The van der Waals surface area contributed by atoms with Crippen LogP contribution < -0.4 is 0 Å². The largest absolute Gasteiger partial charge is 0.0840 e. The minimum atomic E-state index is 0.129. The smallest absolute Gasteiger partial charge is 0.0659 e. The Morgan fingerprint density at radius 2 is 1.71 bits per heavy atom. The summed E-state index contributed by atoms with van der Waals surface area (Å²) in [5, 5.41) is 0.815. The molecule has 0 saturated heterocycles. The Morgan fingerprint density at radius 3 is 2.24 bits per heavy atom. The first-order valence-electron chi connectivity index (χ1n) is 7.35. The Hall–Kier alpha value is -0.790. The van der Waals surface area contributed by atoms with Gasteiger partial charge in [-0.15, -0.1) is 0 Å². The lowest BCUT2D eigenvalue weighted by atomic mass is 9.82. The normalized spacial score (nSPS) is 13.2. The number of halogens is 2. The van der Waals surface area contributed by atoms with Crippen LogP contribution in [0.4, 0.5) is 0 Å². The number of alkyl halides is 1. The second-order valence-electron chi connectivity index (χ2n) is 6.25. The van der Waals surface area contributed by atoms with E-state index in [-0.39, 0.29) is 10.2 Å². The monoisotopic (exact) mass is 364 g/mol. The van der Waals surface area contributed by atoms with Crippen molar-refractivity contribution in [2.45, 2.75) is 44.4 Å². The Morgan fingerprint density at radius 1 is 1.10 bits per heavy atom. The van der Waals surface area contributed by atoms with Crippen molar-refractivity contribution in [1.82, 2.24) is 0 Å². The van der Waals surface area contributed by atoms with Gasteiger partial charge in [-0.25, -0.2) is 0 Å². The molecule has 0 aliphatic rings. The molecular weight excluding hydrogens is 344 g/mol. The van der Waals surface area contributed by atoms with Crippen LogP contribution in [0.15, 0.2) is 42.5 Å². The summed E-state index contributed by atoms with van der Waals surface area (Å²) in [6, 6.07) is 15.1. The van der Waals surface area contributed by atoms with Crippen molar-refractivity contribution in [3.63, 3.8) is 0 Å². The van der Waals surface area contributed by atoms with E-state index < -0.39 is 0 Å². The van der Waals surface area contributed by atoms with Crippen molar-refractivity contribution < 1.29 is 0 Å². The van der Waals surface area contributed by atoms with E-state index >= 15 is 0 Å². The highest BCUT2D eigenvalue weighted by Crippen LogP contribution is 2.36. The van der Waals surface area contributed by atoms with Gasteiger partial charge in [-0.1, -0.05) is 84.7 Å². The van der Waals surface area contributed by atoms with Crippen molar-refractivity contribution in [3.8, 4) is 0 Å². The van der Waals surface area contributed by atoms with Gasteiger partial charge < -0.3 is 0 Å². The molecule has 0 amide bonds. The Labute approximate surface area is 141 Å². The topological polar surface area (TPSA) is 0 Å². The van der Waals surface area contributed by atoms with E-state index in [0.717, 1.165) is 17.0 Å². The van der Waals surface area contributed by atoms with Gasteiger partial charge in [0.25, 0.3) is 0 Å². The van der Waals surface area contributed by atoms with Crippen LogP contribution in [0, 0.1) is 6.92 Å². The summed E-state index contributed by atoms with van der Waals surface area (Å²) < 4.78 is 0. The summed E-state index contributed by atoms with van der Waals surface area (Å²) >= 11 is 10.1. The van der Waals surface area contributed by atoms with Gasteiger partial charge in [-0.2, -0.15) is 0 Å². The van der Waals surface area contributed by atoms with Gasteiger partial charge in [0.15, 0.2) is 0 Å². The minimum absolute atomic E-state index is 0.129. The van der Waals surface area contributed by atoms with Gasteiger partial charge in [-0.3, -0.25) is 0 Å². The van der Waals surface area contributed by atoms with Gasteiger partial charge in [0, 0.05) is 5.02 Å². The van der Waals surface area contributed by atoms with Crippen LogP contribution >= 0.6 is 27.5 Å². The Bertz CT molecular complexity index is 614. The van der Waals surface area contributed by atoms with E-state index in [4.69, 9.17) is 11.6 Å². The average Bonchev–Trinajstić information content (AvgIpc) is 2.47. The van der Waals surface area contributed by atoms with Crippen LogP contribution in [-0.4, -0.2) is 0 Å². The average molecular weight is 366 g/mol. The molecule has 0 fully saturated rings. The summed E-state index contributed by atoms with van der Waals surface area (Å²) in [6.45, 7) is 8.85. The predicted octanol–water partition coefficient (Wildman–Crippen LogP) is 6.82. The highest BCUT2D eigenvalue weighted by atomic mass is 79.9. The number of rotatable bonds is 4. The van der Waals surface area contributed by atoms with Crippen molar-refractivity contribution in [2.75, 3.05) is 0 Å². The van der Waals surface area contributed by atoms with E-state index in [1.54, 1.807) is 0 Å². The lowest BCUT2D eigenvalue weighted by Crippen LogP contribution is -2.15. The van der Waals surface area contributed by atoms with E-state index in [1.807, 2.05) is 6.07 Å². The van der Waals surface area contributed by atoms with Gasteiger partial charge >= 0.3 is 0 Å². The van der Waals surface area contributed by atoms with E-state index in [9.17, 15) is 0 Å². The molecule has 1 atom stereocenters. The number of hydrogen-bond acceptors (Lipinski definition) is 0. The molecule has 0 aliphatic heterocycles. The highest BCUT2D eigenvalue weighted by Gasteiger charge is 2.19. The van der Waals surface area contributed by atoms with Crippen molar-refractivity contribution >= 4 is 27.5 Å². The number of aryl methyl sites for hydroxylation is 1. The fourth-order valence-corrected chi connectivity index (χ4v) is 3.51. The molecule has 0 heterocycles. The van der Waals surface area contributed by atoms with Gasteiger partial charge in [0.2, 0.25) is 0 Å². The van der Waals surface area contributed by atoms with Crippen LogP contribution in [-0.2, 0) is 5.41 Å². The minimum Gasteiger partial charge on any atom is -0.0840 e. The molecule has 21 heavy (non-hydrogen) atoms. The van der Waals surface area contributed by atoms with Crippen LogP contribution in [0.3, 0.4) is 0 Å². The van der Waals surface area contributed by atoms with E-state index in [2.05, 4.69) is 80.0 Å². The Balaban J connectivity index is 2.30. The molecular formula is C19H22BrCl. The highest BCUT2D eigenvalue weighted by molar-refractivity contribution is 9.09. The molecule has 0 aromatic heterocycles. The summed E-state index contributed by atoms with van der Waals surface area (Å²) in [5.41, 5.74) is 5.13. The van der Waals surface area contributed by atoms with Crippen molar-refractivity contribution in [3.05, 3.63) is 69.7 Å². The fraction of sp³-hybridized carbons (Fsp3) is 0.368. The first-order chi connectivity index (χ1) is 9.85. The summed E-state index contributed by atoms with van der Waals surface area (Å²) in [5.74, 6) is 0. The summed E-state index contributed by atoms with van der Waals surface area (Å²) in [7, 11) is 0. The standard InChI is InChI=1S/C19H22BrCl/c1-5-19(3,4)15-9-7-14(8-10-15)18(20)16-11-6-13(2)12-17(16)21/h6-12,18H,5H2,1-4H3. The lowest BCUT2D eigenvalue weighted by molar-refractivity contribution is 0.506. The summed E-state index contributed by atoms with van der Waals surface area (Å²) in [6.07, 6.45) is 1.13. The fourth-order valence-electron chi connectivity index (χ4n) is 2.32. The van der Waals surface area contributed by atoms with Gasteiger partial charge in [-0.05, 0) is 47.1 Å². The third-order valence-corrected chi connectivity index (χ3v) is 5.65. The summed E-state index contributed by atoms with van der Waals surface area (Å²) in [4.78, 5) is 0.129. The molecule has 0 aliphatic carbocycles. The number of hydrogen-bond donors (Lipinski definition) is 0. The maximum absolute atomic E-state index is 6.37. The third-order valence-electron chi connectivity index (χ3n) is 4.30. The molecule has 0 N–H and O–H groups in total. The molecule has 1 unspecified atom stereocenters. The first kappa shape index (κ1) is 16.6. The molecule has 0 radical (unpaired) electrons. The SMILES string of the molecule is CCC(C)(C)c1ccc(C(Br)c2ccc(C)cc2Cl)cc1. The van der Waals surface area contributed by atoms with E-state index in [0.29, 0.717) is 0 Å². The molecule has 2 aromatic rings. The second-order valence-corrected chi connectivity index (χ2v) is 7.57.